The fourth-order valence-corrected chi connectivity index (χ4v) is 4.72. The van der Waals surface area contributed by atoms with Crippen molar-refractivity contribution >= 4 is 0 Å². The molecule has 2 fully saturated rings. The summed E-state index contributed by atoms with van der Waals surface area (Å²) in [6.45, 7) is 7.28. The topological polar surface area (TPSA) is 19.4 Å². The van der Waals surface area contributed by atoms with Gasteiger partial charge >= 0.3 is 0 Å². The van der Waals surface area contributed by atoms with Crippen LogP contribution in [0.1, 0.15) is 43.2 Å². The Morgan fingerprint density at radius 3 is 2.31 bits per heavy atom. The minimum absolute atomic E-state index is 0.310. The third-order valence-corrected chi connectivity index (χ3v) is 6.44. The van der Waals surface area contributed by atoms with Gasteiger partial charge < -0.3 is 4.90 Å². The van der Waals surface area contributed by atoms with E-state index in [-0.39, 0.29) is 0 Å². The minimum atomic E-state index is 0.310. The molecule has 0 atom stereocenters. The lowest BCUT2D eigenvalue weighted by atomic mass is 9.71. The Morgan fingerprint density at radius 1 is 0.846 bits per heavy atom. The van der Waals surface area contributed by atoms with Crippen molar-refractivity contribution in [3.8, 4) is 0 Å². The summed E-state index contributed by atoms with van der Waals surface area (Å²) >= 11 is 0. The lowest BCUT2D eigenvalue weighted by Gasteiger charge is -2.43. The van der Waals surface area contributed by atoms with Crippen LogP contribution in [0.3, 0.4) is 0 Å². The Kier molecular flexibility index (Phi) is 5.66. The molecule has 4 rings (SSSR count). The standard InChI is InChI=1S/C23H31N3/c1-2-7-21(8-3-1)20-26-17-11-23(12-18-26,22-9-6-13-24-19-22)10-16-25-14-4-5-15-25/h1-3,6-9,13,19H,4-5,10-12,14-18,20H2. The third-order valence-electron chi connectivity index (χ3n) is 6.44. The molecule has 2 aromatic rings. The number of pyridine rings is 1. The molecule has 3 heterocycles. The van der Waals surface area contributed by atoms with E-state index in [1.54, 1.807) is 0 Å². The van der Waals surface area contributed by atoms with Crippen LogP contribution < -0.4 is 0 Å². The molecule has 2 aliphatic rings. The molecule has 0 radical (unpaired) electrons. The van der Waals surface area contributed by atoms with Crippen molar-refractivity contribution in [1.29, 1.82) is 0 Å². The van der Waals surface area contributed by atoms with Crippen molar-refractivity contribution in [2.45, 2.75) is 44.1 Å². The zero-order valence-electron chi connectivity index (χ0n) is 15.8. The largest absolute Gasteiger partial charge is 0.303 e. The summed E-state index contributed by atoms with van der Waals surface area (Å²) in [6.07, 6.45) is 10.6. The molecular weight excluding hydrogens is 318 g/mol. The molecule has 0 N–H and O–H groups in total. The van der Waals surface area contributed by atoms with Gasteiger partial charge in [-0.3, -0.25) is 9.88 Å². The molecule has 2 aliphatic heterocycles. The Bertz CT molecular complexity index is 656. The predicted molar refractivity (Wildman–Crippen MR) is 107 cm³/mol. The van der Waals surface area contributed by atoms with Crippen molar-refractivity contribution in [2.75, 3.05) is 32.7 Å². The summed E-state index contributed by atoms with van der Waals surface area (Å²) in [5.41, 5.74) is 3.20. The lowest BCUT2D eigenvalue weighted by Crippen LogP contribution is -2.44. The van der Waals surface area contributed by atoms with Crippen molar-refractivity contribution < 1.29 is 0 Å². The first-order valence-corrected chi connectivity index (χ1v) is 10.2. The van der Waals surface area contributed by atoms with Gasteiger partial charge in [-0.05, 0) is 82.0 Å². The molecule has 0 bridgehead atoms. The van der Waals surface area contributed by atoms with Crippen LogP contribution in [0.2, 0.25) is 0 Å². The van der Waals surface area contributed by atoms with Crippen LogP contribution in [-0.2, 0) is 12.0 Å². The first-order valence-electron chi connectivity index (χ1n) is 10.2. The average molecular weight is 350 g/mol. The van der Waals surface area contributed by atoms with Gasteiger partial charge in [0.05, 0.1) is 0 Å². The van der Waals surface area contributed by atoms with Crippen LogP contribution in [0, 0.1) is 0 Å². The van der Waals surface area contributed by atoms with Gasteiger partial charge in [0.2, 0.25) is 0 Å². The Balaban J connectivity index is 1.43. The van der Waals surface area contributed by atoms with Crippen LogP contribution in [-0.4, -0.2) is 47.5 Å². The number of hydrogen-bond donors (Lipinski definition) is 0. The monoisotopic (exact) mass is 349 g/mol. The van der Waals surface area contributed by atoms with Crippen LogP contribution in [0.25, 0.3) is 0 Å². The van der Waals surface area contributed by atoms with Crippen LogP contribution >= 0.6 is 0 Å². The molecule has 0 unspecified atom stereocenters. The zero-order valence-corrected chi connectivity index (χ0v) is 15.8. The number of rotatable bonds is 6. The summed E-state index contributed by atoms with van der Waals surface area (Å²) in [5, 5.41) is 0. The fraction of sp³-hybridized carbons (Fsp3) is 0.522. The molecule has 1 aromatic carbocycles. The average Bonchev–Trinajstić information content (AvgIpc) is 3.23. The first-order chi connectivity index (χ1) is 12.8. The normalized spacial score (nSPS) is 21.1. The molecular formula is C23H31N3. The molecule has 26 heavy (non-hydrogen) atoms. The molecule has 3 heteroatoms. The van der Waals surface area contributed by atoms with Crippen molar-refractivity contribution in [2.24, 2.45) is 0 Å². The minimum Gasteiger partial charge on any atom is -0.303 e. The number of benzene rings is 1. The van der Waals surface area contributed by atoms with E-state index in [1.165, 1.54) is 76.0 Å². The maximum absolute atomic E-state index is 4.44. The molecule has 0 aliphatic carbocycles. The summed E-state index contributed by atoms with van der Waals surface area (Å²) in [6, 6.07) is 15.3. The van der Waals surface area contributed by atoms with Gasteiger partial charge in [0, 0.05) is 24.4 Å². The number of piperidine rings is 1. The first kappa shape index (κ1) is 17.7. The molecule has 2 saturated heterocycles. The van der Waals surface area contributed by atoms with Gasteiger partial charge in [0.1, 0.15) is 0 Å². The smallest absolute Gasteiger partial charge is 0.0305 e. The molecule has 138 valence electrons. The van der Waals surface area contributed by atoms with E-state index < -0.39 is 0 Å². The number of likely N-dealkylation sites (tertiary alicyclic amines) is 2. The fourth-order valence-electron chi connectivity index (χ4n) is 4.72. The summed E-state index contributed by atoms with van der Waals surface area (Å²) in [4.78, 5) is 9.73. The summed E-state index contributed by atoms with van der Waals surface area (Å²) in [5.74, 6) is 0. The van der Waals surface area contributed by atoms with Gasteiger partial charge in [-0.25, -0.2) is 0 Å². The van der Waals surface area contributed by atoms with E-state index in [9.17, 15) is 0 Å². The maximum atomic E-state index is 4.44. The van der Waals surface area contributed by atoms with Gasteiger partial charge in [-0.2, -0.15) is 0 Å². The predicted octanol–water partition coefficient (Wildman–Crippen LogP) is 4.10. The second-order valence-corrected chi connectivity index (χ2v) is 8.08. The van der Waals surface area contributed by atoms with Crippen LogP contribution in [0.5, 0.6) is 0 Å². The molecule has 1 aromatic heterocycles. The van der Waals surface area contributed by atoms with Crippen molar-refractivity contribution in [1.82, 2.24) is 14.8 Å². The molecule has 3 nitrogen and oxygen atoms in total. The Morgan fingerprint density at radius 2 is 1.62 bits per heavy atom. The van der Waals surface area contributed by atoms with Crippen LogP contribution in [0.15, 0.2) is 54.9 Å². The highest BCUT2D eigenvalue weighted by molar-refractivity contribution is 5.23. The van der Waals surface area contributed by atoms with E-state index in [0.29, 0.717) is 5.41 Å². The highest BCUT2D eigenvalue weighted by Crippen LogP contribution is 2.39. The van der Waals surface area contributed by atoms with E-state index in [0.717, 1.165) is 6.54 Å². The lowest BCUT2D eigenvalue weighted by molar-refractivity contribution is 0.135. The summed E-state index contributed by atoms with van der Waals surface area (Å²) in [7, 11) is 0. The highest BCUT2D eigenvalue weighted by atomic mass is 15.1. The SMILES string of the molecule is c1ccc(CN2CCC(CCN3CCCC3)(c3cccnc3)CC2)cc1. The van der Waals surface area contributed by atoms with Crippen molar-refractivity contribution in [3.05, 3.63) is 66.0 Å². The van der Waals surface area contributed by atoms with Gasteiger partial charge in [0.15, 0.2) is 0 Å². The third kappa shape index (κ3) is 4.16. The van der Waals surface area contributed by atoms with E-state index in [2.05, 4.69) is 63.4 Å². The second kappa shape index (κ2) is 8.32. The molecule has 0 saturated carbocycles. The Labute approximate surface area is 158 Å². The van der Waals surface area contributed by atoms with E-state index in [1.807, 2.05) is 6.20 Å². The van der Waals surface area contributed by atoms with Gasteiger partial charge in [0.25, 0.3) is 0 Å². The number of aromatic nitrogens is 1. The zero-order chi connectivity index (χ0) is 17.7. The van der Waals surface area contributed by atoms with E-state index >= 15 is 0 Å². The van der Waals surface area contributed by atoms with Gasteiger partial charge in [-0.15, -0.1) is 0 Å². The maximum Gasteiger partial charge on any atom is 0.0305 e. The highest BCUT2D eigenvalue weighted by Gasteiger charge is 2.36. The molecule has 0 spiro atoms. The van der Waals surface area contributed by atoms with Gasteiger partial charge in [-0.1, -0.05) is 36.4 Å². The van der Waals surface area contributed by atoms with Crippen molar-refractivity contribution in [3.63, 3.8) is 0 Å². The Hall–Kier alpha value is -1.71. The quantitative estimate of drug-likeness (QED) is 0.783. The number of nitrogens with zero attached hydrogens (tertiary/aromatic N) is 3. The second-order valence-electron chi connectivity index (χ2n) is 8.08. The van der Waals surface area contributed by atoms with Crippen LogP contribution in [0.4, 0.5) is 0 Å². The summed E-state index contributed by atoms with van der Waals surface area (Å²) < 4.78 is 0. The molecule has 0 amide bonds. The van der Waals surface area contributed by atoms with E-state index in [4.69, 9.17) is 0 Å². The number of hydrogen-bond acceptors (Lipinski definition) is 3.